The van der Waals surface area contributed by atoms with E-state index in [0.29, 0.717) is 11.1 Å². The van der Waals surface area contributed by atoms with Gasteiger partial charge in [0, 0.05) is 61.9 Å². The zero-order chi connectivity index (χ0) is 35.5. The first-order chi connectivity index (χ1) is 26.1. The lowest BCUT2D eigenvalue weighted by atomic mass is 9.90. The molecule has 0 bridgehead atoms. The molecule has 0 radical (unpaired) electrons. The number of fused-ring (bicyclic) bond motifs is 14. The van der Waals surface area contributed by atoms with Crippen molar-refractivity contribution in [1.82, 2.24) is 9.13 Å². The van der Waals surface area contributed by atoms with Gasteiger partial charge in [0.25, 0.3) is 0 Å². The second-order valence-corrected chi connectivity index (χ2v) is 16.2. The highest BCUT2D eigenvalue weighted by atomic mass is 32.1. The molecule has 0 N–H and O–H groups in total. The highest BCUT2D eigenvalue weighted by molar-refractivity contribution is 7.26. The van der Waals surface area contributed by atoms with E-state index in [1.807, 2.05) is 22.7 Å². The molecule has 11 aromatic rings. The van der Waals surface area contributed by atoms with Crippen LogP contribution >= 0.6 is 22.7 Å². The minimum Gasteiger partial charge on any atom is -0.308 e. The van der Waals surface area contributed by atoms with E-state index in [0.717, 1.165) is 49.8 Å². The van der Waals surface area contributed by atoms with E-state index in [4.69, 9.17) is 0 Å². The second-order valence-electron chi connectivity index (χ2n) is 14.0. The number of nitrogens with zero attached hydrogens (tertiary/aromatic N) is 4. The van der Waals surface area contributed by atoms with E-state index in [9.17, 15) is 10.5 Å². The van der Waals surface area contributed by atoms with Crippen molar-refractivity contribution in [2.45, 2.75) is 19.8 Å². The Hall–Kier alpha value is -6.44. The maximum atomic E-state index is 11.1. The molecule has 0 unspecified atom stereocenters. The van der Waals surface area contributed by atoms with Crippen LogP contribution < -0.4 is 0 Å². The minimum atomic E-state index is -0.0840. The third-order valence-corrected chi connectivity index (χ3v) is 13.2. The number of para-hydroxylation sites is 2. The first-order valence-electron chi connectivity index (χ1n) is 17.8. The smallest absolute Gasteiger partial charge is 0.102 e. The normalized spacial score (nSPS) is 12.1. The van der Waals surface area contributed by atoms with E-state index in [1.165, 1.54) is 51.1 Å². The summed E-state index contributed by atoms with van der Waals surface area (Å²) in [7, 11) is 0. The number of hydrogen-bond donors (Lipinski definition) is 0. The summed E-state index contributed by atoms with van der Waals surface area (Å²) >= 11 is 3.63. The van der Waals surface area contributed by atoms with Crippen molar-refractivity contribution in [2.24, 2.45) is 0 Å². The maximum Gasteiger partial charge on any atom is 0.102 e. The molecule has 0 fully saturated rings. The molecule has 0 aliphatic carbocycles. The SMILES string of the molecule is CC(C)c1c(C#N)c(-n2c3ccccc3c3c4c(ccc32)sc2ccccc24)cc(-n2c3ccccc3c3c4c(ccc32)sc2ccccc24)c1C#N. The Labute approximate surface area is 312 Å². The van der Waals surface area contributed by atoms with Gasteiger partial charge in [0.05, 0.1) is 44.6 Å². The maximum absolute atomic E-state index is 11.1. The second kappa shape index (κ2) is 11.0. The van der Waals surface area contributed by atoms with Crippen LogP contribution in [0, 0.1) is 22.7 Å². The van der Waals surface area contributed by atoms with Gasteiger partial charge in [-0.25, -0.2) is 0 Å². The molecule has 4 nitrogen and oxygen atoms in total. The summed E-state index contributed by atoms with van der Waals surface area (Å²) in [5.41, 5.74) is 7.53. The largest absolute Gasteiger partial charge is 0.308 e. The fourth-order valence-electron chi connectivity index (χ4n) is 8.91. The predicted molar refractivity (Wildman–Crippen MR) is 224 cm³/mol. The van der Waals surface area contributed by atoms with Crippen LogP contribution in [0.25, 0.3) is 95.3 Å². The lowest BCUT2D eigenvalue weighted by Crippen LogP contribution is -2.10. The van der Waals surface area contributed by atoms with Crippen molar-refractivity contribution >= 4 is 107 Å². The minimum absolute atomic E-state index is 0.0840. The summed E-state index contributed by atoms with van der Waals surface area (Å²) < 4.78 is 9.53. The number of rotatable bonds is 3. The Kier molecular flexibility index (Phi) is 6.29. The summed E-state index contributed by atoms with van der Waals surface area (Å²) in [5.74, 6) is -0.0840. The molecule has 0 aliphatic heterocycles. The van der Waals surface area contributed by atoms with Gasteiger partial charge in [-0.3, -0.25) is 0 Å². The van der Waals surface area contributed by atoms with Crippen LogP contribution in [0.2, 0.25) is 0 Å². The van der Waals surface area contributed by atoms with Crippen molar-refractivity contribution in [3.05, 3.63) is 144 Å². The van der Waals surface area contributed by atoms with Crippen molar-refractivity contribution in [2.75, 3.05) is 0 Å². The third-order valence-electron chi connectivity index (χ3n) is 11.0. The standard InChI is InChI=1S/C47H28N4S2/c1-26(2)43-31(24-48)37(50-33-15-7-3-11-27(33)44-35(50)19-21-41-46(44)29-13-5-9-17-39(29)52-41)23-38(32(43)25-49)51-34-16-8-4-12-28(34)45-36(51)20-22-42-47(45)30-14-6-10-18-40(30)53-42/h3-23,26H,1-2H3. The third kappa shape index (κ3) is 3.97. The van der Waals surface area contributed by atoms with Crippen LogP contribution in [0.5, 0.6) is 0 Å². The Bertz CT molecular complexity index is 3240. The average molecular weight is 713 g/mol. The molecule has 0 spiro atoms. The topological polar surface area (TPSA) is 57.4 Å². The highest BCUT2D eigenvalue weighted by Gasteiger charge is 2.27. The molecule has 248 valence electrons. The number of aromatic nitrogens is 2. The summed E-state index contributed by atoms with van der Waals surface area (Å²) in [6.45, 7) is 4.18. The van der Waals surface area contributed by atoms with Crippen LogP contribution in [0.4, 0.5) is 0 Å². The lowest BCUT2D eigenvalue weighted by Gasteiger charge is -2.21. The van der Waals surface area contributed by atoms with E-state index < -0.39 is 0 Å². The van der Waals surface area contributed by atoms with Crippen LogP contribution in [-0.2, 0) is 0 Å². The first-order valence-corrected chi connectivity index (χ1v) is 19.4. The van der Waals surface area contributed by atoms with Crippen molar-refractivity contribution in [3.8, 4) is 23.5 Å². The summed E-state index contributed by atoms with van der Waals surface area (Å²) in [6, 6.07) is 50.5. The van der Waals surface area contributed by atoms with Gasteiger partial charge in [-0.2, -0.15) is 10.5 Å². The molecule has 4 aromatic heterocycles. The summed E-state index contributed by atoms with van der Waals surface area (Å²) in [5, 5.41) is 31.7. The molecular formula is C47H28N4S2. The van der Waals surface area contributed by atoms with Gasteiger partial charge in [-0.05, 0) is 66.1 Å². The quantitative estimate of drug-likeness (QED) is 0.183. The van der Waals surface area contributed by atoms with Gasteiger partial charge in [0.15, 0.2) is 0 Å². The molecule has 4 heterocycles. The van der Waals surface area contributed by atoms with Crippen LogP contribution in [-0.4, -0.2) is 9.13 Å². The zero-order valence-electron chi connectivity index (χ0n) is 28.8. The molecule has 53 heavy (non-hydrogen) atoms. The number of benzene rings is 7. The van der Waals surface area contributed by atoms with Crippen LogP contribution in [0.15, 0.2) is 127 Å². The molecule has 0 saturated carbocycles. The molecule has 0 atom stereocenters. The van der Waals surface area contributed by atoms with Gasteiger partial charge in [-0.15, -0.1) is 22.7 Å². The van der Waals surface area contributed by atoms with Gasteiger partial charge >= 0.3 is 0 Å². The fraction of sp³-hybridized carbons (Fsp3) is 0.0638. The van der Waals surface area contributed by atoms with Crippen molar-refractivity contribution < 1.29 is 0 Å². The van der Waals surface area contributed by atoms with E-state index in [-0.39, 0.29) is 5.92 Å². The molecule has 11 rings (SSSR count). The molecule has 0 aliphatic rings. The molecule has 0 amide bonds. The monoisotopic (exact) mass is 712 g/mol. The molecule has 0 saturated heterocycles. The van der Waals surface area contributed by atoms with E-state index in [2.05, 4.69) is 163 Å². The highest BCUT2D eigenvalue weighted by Crippen LogP contribution is 2.47. The Morgan fingerprint density at radius 2 is 0.868 bits per heavy atom. The predicted octanol–water partition coefficient (Wildman–Crippen LogP) is 13.5. The Morgan fingerprint density at radius 3 is 1.30 bits per heavy atom. The number of nitriles is 2. The van der Waals surface area contributed by atoms with E-state index in [1.54, 1.807) is 0 Å². The Balaban J connectivity index is 1.33. The summed E-state index contributed by atoms with van der Waals surface area (Å²) in [4.78, 5) is 0. The Morgan fingerprint density at radius 1 is 0.453 bits per heavy atom. The van der Waals surface area contributed by atoms with Gasteiger partial charge in [0.2, 0.25) is 0 Å². The van der Waals surface area contributed by atoms with Crippen LogP contribution in [0.1, 0.15) is 36.5 Å². The summed E-state index contributed by atoms with van der Waals surface area (Å²) in [6.07, 6.45) is 0. The van der Waals surface area contributed by atoms with Crippen molar-refractivity contribution in [3.63, 3.8) is 0 Å². The van der Waals surface area contributed by atoms with Crippen molar-refractivity contribution in [1.29, 1.82) is 10.5 Å². The average Bonchev–Trinajstić information content (AvgIpc) is 3.94. The molecular weight excluding hydrogens is 685 g/mol. The van der Waals surface area contributed by atoms with E-state index >= 15 is 0 Å². The molecule has 7 aromatic carbocycles. The first kappa shape index (κ1) is 30.2. The van der Waals surface area contributed by atoms with Crippen LogP contribution in [0.3, 0.4) is 0 Å². The number of hydrogen-bond acceptors (Lipinski definition) is 4. The zero-order valence-corrected chi connectivity index (χ0v) is 30.4. The van der Waals surface area contributed by atoms with Gasteiger partial charge < -0.3 is 9.13 Å². The lowest BCUT2D eigenvalue weighted by molar-refractivity contribution is 0.852. The fourth-order valence-corrected chi connectivity index (χ4v) is 11.1. The van der Waals surface area contributed by atoms with Gasteiger partial charge in [-0.1, -0.05) is 86.6 Å². The van der Waals surface area contributed by atoms with Gasteiger partial charge in [0.1, 0.15) is 12.1 Å². The number of thiophene rings is 2. The molecule has 6 heteroatoms.